The molecule has 1 aliphatic heterocycles. The van der Waals surface area contributed by atoms with Crippen LogP contribution in [0.3, 0.4) is 0 Å². The number of carbonyl (C=O) groups is 1. The maximum Gasteiger partial charge on any atom is 0.261 e. The Morgan fingerprint density at radius 3 is 2.83 bits per heavy atom. The SMILES string of the molecule is O=C1COc2ccc(-c3cn[nH]c3)nc2CN1Cc1ccccc1. The summed E-state index contributed by atoms with van der Waals surface area (Å²) in [6, 6.07) is 13.7. The van der Waals surface area contributed by atoms with Crippen LogP contribution in [0.1, 0.15) is 11.3 Å². The molecule has 0 spiro atoms. The molecule has 3 heterocycles. The number of nitrogens with zero attached hydrogens (tertiary/aromatic N) is 3. The van der Waals surface area contributed by atoms with Gasteiger partial charge in [0, 0.05) is 18.3 Å². The molecule has 0 saturated carbocycles. The van der Waals surface area contributed by atoms with Crippen molar-refractivity contribution in [2.45, 2.75) is 13.1 Å². The van der Waals surface area contributed by atoms with Crippen LogP contribution in [0.15, 0.2) is 54.9 Å². The van der Waals surface area contributed by atoms with Gasteiger partial charge >= 0.3 is 0 Å². The molecule has 0 atom stereocenters. The van der Waals surface area contributed by atoms with E-state index in [9.17, 15) is 4.79 Å². The van der Waals surface area contributed by atoms with Crippen LogP contribution in [0.25, 0.3) is 11.3 Å². The summed E-state index contributed by atoms with van der Waals surface area (Å²) in [5, 5.41) is 6.73. The van der Waals surface area contributed by atoms with Gasteiger partial charge in [-0.25, -0.2) is 4.98 Å². The van der Waals surface area contributed by atoms with Gasteiger partial charge < -0.3 is 9.64 Å². The molecule has 6 heteroatoms. The van der Waals surface area contributed by atoms with E-state index in [0.717, 1.165) is 22.5 Å². The van der Waals surface area contributed by atoms with Crippen LogP contribution in [0.2, 0.25) is 0 Å². The minimum atomic E-state index is -0.0401. The Balaban J connectivity index is 1.63. The number of aromatic amines is 1. The molecule has 1 aromatic carbocycles. The molecular formula is C18H16N4O2. The first-order valence-electron chi connectivity index (χ1n) is 7.73. The van der Waals surface area contributed by atoms with Gasteiger partial charge in [-0.05, 0) is 17.7 Å². The van der Waals surface area contributed by atoms with Crippen molar-refractivity contribution >= 4 is 5.91 Å². The van der Waals surface area contributed by atoms with Gasteiger partial charge in [-0.15, -0.1) is 0 Å². The van der Waals surface area contributed by atoms with E-state index in [1.54, 1.807) is 17.3 Å². The van der Waals surface area contributed by atoms with Gasteiger partial charge in [0.05, 0.1) is 18.4 Å². The van der Waals surface area contributed by atoms with Gasteiger partial charge in [0.15, 0.2) is 6.61 Å². The van der Waals surface area contributed by atoms with E-state index in [1.807, 2.05) is 42.5 Å². The second-order valence-corrected chi connectivity index (χ2v) is 5.65. The van der Waals surface area contributed by atoms with E-state index >= 15 is 0 Å². The van der Waals surface area contributed by atoms with E-state index < -0.39 is 0 Å². The van der Waals surface area contributed by atoms with E-state index in [-0.39, 0.29) is 12.5 Å². The van der Waals surface area contributed by atoms with Crippen molar-refractivity contribution in [1.29, 1.82) is 0 Å². The molecule has 6 nitrogen and oxygen atoms in total. The third kappa shape index (κ3) is 2.86. The molecule has 0 fully saturated rings. The van der Waals surface area contributed by atoms with E-state index in [0.29, 0.717) is 18.8 Å². The van der Waals surface area contributed by atoms with Crippen molar-refractivity contribution in [1.82, 2.24) is 20.1 Å². The third-order valence-electron chi connectivity index (χ3n) is 3.99. The predicted octanol–water partition coefficient (Wildman–Crippen LogP) is 2.39. The number of amides is 1. The molecule has 3 aromatic rings. The van der Waals surface area contributed by atoms with Crippen LogP contribution < -0.4 is 4.74 Å². The molecule has 24 heavy (non-hydrogen) atoms. The standard InChI is InChI=1S/C18H16N4O2/c23-18-12-24-17-7-6-15(14-8-19-20-9-14)21-16(17)11-22(18)10-13-4-2-1-3-5-13/h1-9H,10-12H2,(H,19,20). The molecule has 0 radical (unpaired) electrons. The van der Waals surface area contributed by atoms with Gasteiger partial charge in [-0.3, -0.25) is 9.89 Å². The van der Waals surface area contributed by atoms with Gasteiger partial charge in [0.25, 0.3) is 5.91 Å². The second kappa shape index (κ2) is 6.16. The predicted molar refractivity (Wildman–Crippen MR) is 88.0 cm³/mol. The van der Waals surface area contributed by atoms with Crippen LogP contribution >= 0.6 is 0 Å². The summed E-state index contributed by atoms with van der Waals surface area (Å²) in [6.45, 7) is 1.00. The summed E-state index contributed by atoms with van der Waals surface area (Å²) in [5.41, 5.74) is 3.55. The Bertz CT molecular complexity index is 847. The summed E-state index contributed by atoms with van der Waals surface area (Å²) >= 11 is 0. The fraction of sp³-hybridized carbons (Fsp3) is 0.167. The van der Waals surface area contributed by atoms with E-state index in [2.05, 4.69) is 15.2 Å². The highest BCUT2D eigenvalue weighted by molar-refractivity contribution is 5.78. The van der Waals surface area contributed by atoms with Crippen molar-refractivity contribution in [2.75, 3.05) is 6.61 Å². The number of carbonyl (C=O) groups excluding carboxylic acids is 1. The first kappa shape index (κ1) is 14.4. The third-order valence-corrected chi connectivity index (χ3v) is 3.99. The maximum atomic E-state index is 12.4. The number of rotatable bonds is 3. The monoisotopic (exact) mass is 320 g/mol. The number of fused-ring (bicyclic) bond motifs is 1. The number of aromatic nitrogens is 3. The number of hydrogen-bond acceptors (Lipinski definition) is 4. The number of H-pyrrole nitrogens is 1. The largest absolute Gasteiger partial charge is 0.482 e. The van der Waals surface area contributed by atoms with Crippen molar-refractivity contribution in [2.24, 2.45) is 0 Å². The van der Waals surface area contributed by atoms with Crippen molar-refractivity contribution in [3.8, 4) is 17.0 Å². The minimum Gasteiger partial charge on any atom is -0.482 e. The molecule has 1 N–H and O–H groups in total. The molecular weight excluding hydrogens is 304 g/mol. The van der Waals surface area contributed by atoms with Crippen molar-refractivity contribution < 1.29 is 9.53 Å². The summed E-state index contributed by atoms with van der Waals surface area (Å²) in [4.78, 5) is 18.8. The lowest BCUT2D eigenvalue weighted by Crippen LogP contribution is -2.32. The van der Waals surface area contributed by atoms with Crippen LogP contribution in [0.4, 0.5) is 0 Å². The van der Waals surface area contributed by atoms with Gasteiger partial charge in [-0.1, -0.05) is 30.3 Å². The molecule has 4 rings (SSSR count). The van der Waals surface area contributed by atoms with E-state index in [1.165, 1.54) is 0 Å². The molecule has 0 bridgehead atoms. The first-order chi connectivity index (χ1) is 11.8. The van der Waals surface area contributed by atoms with E-state index in [4.69, 9.17) is 4.74 Å². The summed E-state index contributed by atoms with van der Waals surface area (Å²) < 4.78 is 5.62. The molecule has 2 aromatic heterocycles. The number of ether oxygens (including phenoxy) is 1. The average molecular weight is 320 g/mol. The van der Waals surface area contributed by atoms with Crippen molar-refractivity contribution in [3.05, 3.63) is 66.1 Å². The first-order valence-corrected chi connectivity index (χ1v) is 7.73. The minimum absolute atomic E-state index is 0.0343. The lowest BCUT2D eigenvalue weighted by molar-refractivity contribution is -0.133. The van der Waals surface area contributed by atoms with Gasteiger partial charge in [0.2, 0.25) is 0 Å². The van der Waals surface area contributed by atoms with Crippen molar-refractivity contribution in [3.63, 3.8) is 0 Å². The Hall–Kier alpha value is -3.15. The topological polar surface area (TPSA) is 71.1 Å². The Kier molecular flexibility index (Phi) is 3.70. The lowest BCUT2D eigenvalue weighted by Gasteiger charge is -2.19. The number of hydrogen-bond donors (Lipinski definition) is 1. The summed E-state index contributed by atoms with van der Waals surface area (Å²) in [7, 11) is 0. The highest BCUT2D eigenvalue weighted by Crippen LogP contribution is 2.26. The fourth-order valence-electron chi connectivity index (χ4n) is 2.73. The highest BCUT2D eigenvalue weighted by Gasteiger charge is 2.23. The molecule has 0 unspecified atom stereocenters. The quantitative estimate of drug-likeness (QED) is 0.804. The van der Waals surface area contributed by atoms with Crippen LogP contribution in [0, 0.1) is 0 Å². The Morgan fingerprint density at radius 2 is 2.04 bits per heavy atom. The number of pyridine rings is 1. The van der Waals surface area contributed by atoms with Gasteiger partial charge in [0.1, 0.15) is 11.4 Å². The number of benzene rings is 1. The Labute approximate surface area is 139 Å². The summed E-state index contributed by atoms with van der Waals surface area (Å²) in [6.07, 6.45) is 3.51. The van der Waals surface area contributed by atoms with Gasteiger partial charge in [-0.2, -0.15) is 5.10 Å². The van der Waals surface area contributed by atoms with Crippen LogP contribution in [-0.4, -0.2) is 32.6 Å². The molecule has 1 aliphatic rings. The fourth-order valence-corrected chi connectivity index (χ4v) is 2.73. The zero-order chi connectivity index (χ0) is 16.4. The van der Waals surface area contributed by atoms with Crippen LogP contribution in [-0.2, 0) is 17.9 Å². The maximum absolute atomic E-state index is 12.4. The zero-order valence-electron chi connectivity index (χ0n) is 13.0. The molecule has 120 valence electrons. The van der Waals surface area contributed by atoms with Crippen LogP contribution in [0.5, 0.6) is 5.75 Å². The highest BCUT2D eigenvalue weighted by atomic mass is 16.5. The Morgan fingerprint density at radius 1 is 1.17 bits per heavy atom. The molecule has 0 aliphatic carbocycles. The zero-order valence-corrected chi connectivity index (χ0v) is 13.0. The average Bonchev–Trinajstić information content (AvgIpc) is 3.10. The molecule has 0 saturated heterocycles. The number of nitrogens with one attached hydrogen (secondary N) is 1. The second-order valence-electron chi connectivity index (χ2n) is 5.65. The smallest absolute Gasteiger partial charge is 0.261 e. The normalized spacial score (nSPS) is 14.0. The summed E-state index contributed by atoms with van der Waals surface area (Å²) in [5.74, 6) is 0.618. The molecule has 1 amide bonds. The lowest BCUT2D eigenvalue weighted by atomic mass is 10.2.